The van der Waals surface area contributed by atoms with E-state index in [1.807, 2.05) is 13.8 Å². The van der Waals surface area contributed by atoms with Crippen LogP contribution in [-0.2, 0) is 0 Å². The van der Waals surface area contributed by atoms with Crippen LogP contribution in [0.15, 0.2) is 24.3 Å². The minimum atomic E-state index is -0.887. The minimum Gasteiger partial charge on any atom is -0.488 e. The molecule has 1 atom stereocenters. The minimum absolute atomic E-state index is 0.0608. The number of ether oxygens (including phenoxy) is 1. The zero-order valence-corrected chi connectivity index (χ0v) is 16.8. The summed E-state index contributed by atoms with van der Waals surface area (Å²) in [5.74, 6) is -1.18. The fourth-order valence-electron chi connectivity index (χ4n) is 2.26. The number of aliphatic hydroxyl groups excluding tert-OH is 1. The highest BCUT2D eigenvalue weighted by Crippen LogP contribution is 2.17. The lowest BCUT2D eigenvalue weighted by Gasteiger charge is -2.28. The van der Waals surface area contributed by atoms with Crippen LogP contribution in [0.5, 0.6) is 5.75 Å². The van der Waals surface area contributed by atoms with Crippen molar-refractivity contribution in [2.45, 2.75) is 25.5 Å². The molecule has 1 amide bonds. The van der Waals surface area contributed by atoms with E-state index >= 15 is 0 Å². The average molecular weight is 427 g/mol. The summed E-state index contributed by atoms with van der Waals surface area (Å²) in [6.45, 7) is 3.90. The molecule has 0 saturated heterocycles. The molecule has 1 unspecified atom stereocenters. The second-order valence-corrected chi connectivity index (χ2v) is 7.33. The van der Waals surface area contributed by atoms with E-state index in [0.29, 0.717) is 0 Å². The normalized spacial score (nSPS) is 12.4. The number of carbonyl (C=O) groups excluding carboxylic acids is 1. The molecule has 1 aromatic heterocycles. The number of para-hydroxylation sites is 1. The molecule has 0 aliphatic rings. The van der Waals surface area contributed by atoms with Gasteiger partial charge in [0.15, 0.2) is 34.0 Å². The lowest BCUT2D eigenvalue weighted by molar-refractivity contribution is 0.0905. The largest absolute Gasteiger partial charge is 0.488 e. The molecular weight excluding hydrogens is 403 g/mol. The highest BCUT2D eigenvalue weighted by atomic mass is 35.5. The topological polar surface area (TPSA) is 148 Å². The van der Waals surface area contributed by atoms with Crippen LogP contribution in [0, 0.1) is 5.82 Å². The van der Waals surface area contributed by atoms with Crippen molar-refractivity contribution in [3.05, 3.63) is 40.9 Å². The van der Waals surface area contributed by atoms with Crippen LogP contribution in [0.2, 0.25) is 5.15 Å². The van der Waals surface area contributed by atoms with Crippen molar-refractivity contribution in [2.24, 2.45) is 0 Å². The van der Waals surface area contributed by atoms with Gasteiger partial charge >= 0.3 is 0 Å². The fraction of sp³-hybridized carbons (Fsp3) is 0.389. The molecular formula is C18H24ClFN6O3. The van der Waals surface area contributed by atoms with Crippen LogP contribution in [0.25, 0.3) is 0 Å². The maximum absolute atomic E-state index is 13.5. The monoisotopic (exact) mass is 426 g/mol. The molecule has 9 nitrogen and oxygen atoms in total. The Morgan fingerprint density at radius 3 is 2.69 bits per heavy atom. The molecule has 2 rings (SSSR count). The van der Waals surface area contributed by atoms with E-state index in [0.717, 1.165) is 0 Å². The van der Waals surface area contributed by atoms with Crippen molar-refractivity contribution in [3.63, 3.8) is 0 Å². The van der Waals surface area contributed by atoms with Gasteiger partial charge in [-0.05, 0) is 26.0 Å². The number of hydrogen-bond donors (Lipinski definition) is 5. The van der Waals surface area contributed by atoms with Crippen LogP contribution in [0.1, 0.15) is 24.3 Å². The number of amides is 1. The van der Waals surface area contributed by atoms with Crippen LogP contribution in [-0.4, -0.2) is 52.3 Å². The lowest BCUT2D eigenvalue weighted by atomic mass is 10.1. The van der Waals surface area contributed by atoms with Gasteiger partial charge in [-0.2, -0.15) is 0 Å². The van der Waals surface area contributed by atoms with Crippen molar-refractivity contribution in [1.82, 2.24) is 20.6 Å². The summed E-state index contributed by atoms with van der Waals surface area (Å²) >= 11 is 5.78. The highest BCUT2D eigenvalue weighted by molar-refractivity contribution is 6.31. The van der Waals surface area contributed by atoms with Gasteiger partial charge in [0.1, 0.15) is 12.7 Å². The van der Waals surface area contributed by atoms with Gasteiger partial charge in [-0.3, -0.25) is 4.79 Å². The van der Waals surface area contributed by atoms with Crippen LogP contribution in [0.4, 0.5) is 16.0 Å². The number of aromatic nitrogens is 2. The van der Waals surface area contributed by atoms with E-state index in [-0.39, 0.29) is 47.9 Å². The Hall–Kier alpha value is -2.69. The summed E-state index contributed by atoms with van der Waals surface area (Å²) in [4.78, 5) is 19.9. The highest BCUT2D eigenvalue weighted by Gasteiger charge is 2.22. The molecule has 0 bridgehead atoms. The van der Waals surface area contributed by atoms with Gasteiger partial charge < -0.3 is 31.9 Å². The SMILES string of the molecule is CC(C)(CNC(=O)c1nc(Cl)c(N)nc1N)NCC(O)COc1ccccc1F. The van der Waals surface area contributed by atoms with Gasteiger partial charge in [0.2, 0.25) is 0 Å². The number of rotatable bonds is 9. The summed E-state index contributed by atoms with van der Waals surface area (Å²) in [5, 5.41) is 15.7. The number of benzene rings is 1. The van der Waals surface area contributed by atoms with E-state index < -0.39 is 23.4 Å². The first-order valence-corrected chi connectivity index (χ1v) is 9.14. The number of anilines is 2. The number of aliphatic hydroxyl groups is 1. The van der Waals surface area contributed by atoms with Crippen molar-refractivity contribution in [1.29, 1.82) is 0 Å². The second kappa shape index (κ2) is 9.68. The third-order valence-corrected chi connectivity index (χ3v) is 4.17. The number of nitrogen functional groups attached to an aromatic ring is 2. The quantitative estimate of drug-likeness (QED) is 0.398. The molecule has 7 N–H and O–H groups in total. The summed E-state index contributed by atoms with van der Waals surface area (Å²) < 4.78 is 18.8. The van der Waals surface area contributed by atoms with Gasteiger partial charge in [0, 0.05) is 18.6 Å². The predicted octanol–water partition coefficient (Wildman–Crippen LogP) is 0.971. The molecule has 0 saturated carbocycles. The van der Waals surface area contributed by atoms with Crippen molar-refractivity contribution in [3.8, 4) is 5.75 Å². The first-order chi connectivity index (χ1) is 13.6. The van der Waals surface area contributed by atoms with E-state index in [2.05, 4.69) is 20.6 Å². The summed E-state index contributed by atoms with van der Waals surface area (Å²) in [5.41, 5.74) is 10.4. The van der Waals surface area contributed by atoms with Gasteiger partial charge in [0.05, 0.1) is 0 Å². The van der Waals surface area contributed by atoms with Gasteiger partial charge in [-0.1, -0.05) is 23.7 Å². The van der Waals surface area contributed by atoms with E-state index in [1.165, 1.54) is 12.1 Å². The van der Waals surface area contributed by atoms with Crippen molar-refractivity contribution in [2.75, 3.05) is 31.2 Å². The van der Waals surface area contributed by atoms with Crippen molar-refractivity contribution < 1.29 is 19.0 Å². The van der Waals surface area contributed by atoms with Crippen LogP contribution >= 0.6 is 11.6 Å². The molecule has 2 aromatic rings. The predicted molar refractivity (Wildman–Crippen MR) is 108 cm³/mol. The molecule has 1 aromatic carbocycles. The number of halogens is 2. The molecule has 11 heteroatoms. The molecule has 0 aliphatic carbocycles. The number of hydrogen-bond acceptors (Lipinski definition) is 8. The summed E-state index contributed by atoms with van der Waals surface area (Å²) in [6, 6.07) is 5.94. The van der Waals surface area contributed by atoms with Gasteiger partial charge in [0.25, 0.3) is 5.91 Å². The molecule has 29 heavy (non-hydrogen) atoms. The number of nitrogens with two attached hydrogens (primary N) is 2. The van der Waals surface area contributed by atoms with Crippen molar-refractivity contribution >= 4 is 29.1 Å². The molecule has 0 spiro atoms. The molecule has 1 heterocycles. The van der Waals surface area contributed by atoms with Crippen LogP contribution in [0.3, 0.4) is 0 Å². The van der Waals surface area contributed by atoms with Gasteiger partial charge in [-0.15, -0.1) is 0 Å². The van der Waals surface area contributed by atoms with Gasteiger partial charge in [-0.25, -0.2) is 14.4 Å². The Balaban J connectivity index is 1.81. The Bertz CT molecular complexity index is 867. The Kier molecular flexibility index (Phi) is 7.54. The first-order valence-electron chi connectivity index (χ1n) is 8.76. The molecule has 0 aliphatic heterocycles. The molecule has 0 radical (unpaired) electrons. The zero-order chi connectivity index (χ0) is 21.6. The Morgan fingerprint density at radius 1 is 1.31 bits per heavy atom. The standard InChI is InChI=1S/C18H24ClFN6O3/c1-18(2,9-23-17(28)13-15(21)26-16(22)14(19)25-13)24-7-10(27)8-29-12-6-4-3-5-11(12)20/h3-6,10,24,27H,7-9H2,1-2H3,(H,23,28)(H4,21,22,26). The second-order valence-electron chi connectivity index (χ2n) is 6.98. The fourth-order valence-corrected chi connectivity index (χ4v) is 2.38. The Morgan fingerprint density at radius 2 is 2.00 bits per heavy atom. The maximum atomic E-state index is 13.5. The summed E-state index contributed by atoms with van der Waals surface area (Å²) in [6.07, 6.45) is -0.887. The van der Waals surface area contributed by atoms with E-state index in [1.54, 1.807) is 12.1 Å². The van der Waals surface area contributed by atoms with Crippen LogP contribution < -0.4 is 26.8 Å². The Labute approximate surface area is 172 Å². The average Bonchev–Trinajstić information content (AvgIpc) is 2.67. The number of nitrogens with one attached hydrogen (secondary N) is 2. The van der Waals surface area contributed by atoms with E-state index in [9.17, 15) is 14.3 Å². The molecule has 0 fully saturated rings. The van der Waals surface area contributed by atoms with E-state index in [4.69, 9.17) is 27.8 Å². The first kappa shape index (κ1) is 22.6. The third kappa shape index (κ3) is 6.70. The number of nitrogens with zero attached hydrogens (tertiary/aromatic N) is 2. The third-order valence-electron chi connectivity index (χ3n) is 3.89. The zero-order valence-electron chi connectivity index (χ0n) is 16.1. The number of β-amino-alcohol motifs (C(OH)–C–C–N with tert-alkyl or cyclic N) is 1. The number of carbonyl (C=O) groups is 1. The lowest BCUT2D eigenvalue weighted by Crippen LogP contribution is -2.51. The summed E-state index contributed by atoms with van der Waals surface area (Å²) in [7, 11) is 0. The molecule has 158 valence electrons. The smallest absolute Gasteiger partial charge is 0.273 e. The maximum Gasteiger partial charge on any atom is 0.273 e.